The second-order valence-corrected chi connectivity index (χ2v) is 5.16. The van der Waals surface area contributed by atoms with Crippen LogP contribution in [-0.4, -0.2) is 25.7 Å². The molecule has 0 aromatic carbocycles. The molecule has 1 aliphatic rings. The van der Waals surface area contributed by atoms with Crippen LogP contribution in [0, 0.1) is 11.8 Å². The van der Waals surface area contributed by atoms with E-state index in [0.29, 0.717) is 0 Å². The molecule has 0 spiro atoms. The van der Waals surface area contributed by atoms with Crippen molar-refractivity contribution in [2.24, 2.45) is 11.8 Å². The van der Waals surface area contributed by atoms with Gasteiger partial charge in [0.05, 0.1) is 7.11 Å². The highest BCUT2D eigenvalue weighted by molar-refractivity contribution is 5.75. The average molecular weight is 227 g/mol. The molecule has 1 aliphatic carbocycles. The van der Waals surface area contributed by atoms with Crippen LogP contribution in [-0.2, 0) is 9.53 Å². The van der Waals surface area contributed by atoms with Gasteiger partial charge >= 0.3 is 5.97 Å². The van der Waals surface area contributed by atoms with Crippen molar-refractivity contribution in [3.8, 4) is 0 Å². The van der Waals surface area contributed by atoms with Gasteiger partial charge in [0, 0.05) is 0 Å². The minimum atomic E-state index is -0.146. The molecule has 0 radical (unpaired) electrons. The molecular formula is C13H25NO2. The van der Waals surface area contributed by atoms with Crippen LogP contribution in [0.3, 0.4) is 0 Å². The molecule has 1 N–H and O–H groups in total. The first-order valence-corrected chi connectivity index (χ1v) is 6.46. The Morgan fingerprint density at radius 1 is 1.31 bits per heavy atom. The molecule has 1 saturated carbocycles. The molecule has 0 aromatic rings. The fraction of sp³-hybridized carbons (Fsp3) is 0.923. The van der Waals surface area contributed by atoms with Gasteiger partial charge in [-0.1, -0.05) is 33.1 Å². The second kappa shape index (κ2) is 6.89. The number of esters is 1. The van der Waals surface area contributed by atoms with Gasteiger partial charge in [-0.25, -0.2) is 0 Å². The molecule has 3 heteroatoms. The molecule has 0 heterocycles. The Hall–Kier alpha value is -0.570. The molecule has 16 heavy (non-hydrogen) atoms. The van der Waals surface area contributed by atoms with Gasteiger partial charge in [-0.2, -0.15) is 0 Å². The summed E-state index contributed by atoms with van der Waals surface area (Å²) >= 11 is 0. The lowest BCUT2D eigenvalue weighted by Crippen LogP contribution is -2.44. The van der Waals surface area contributed by atoms with Crippen LogP contribution in [0.15, 0.2) is 0 Å². The maximum Gasteiger partial charge on any atom is 0.323 e. The van der Waals surface area contributed by atoms with E-state index in [2.05, 4.69) is 19.2 Å². The van der Waals surface area contributed by atoms with E-state index in [1.165, 1.54) is 39.2 Å². The van der Waals surface area contributed by atoms with E-state index in [4.69, 9.17) is 4.74 Å². The van der Waals surface area contributed by atoms with E-state index >= 15 is 0 Å². The summed E-state index contributed by atoms with van der Waals surface area (Å²) in [6.07, 6.45) is 6.67. The Morgan fingerprint density at radius 2 is 1.94 bits per heavy atom. The first-order valence-electron chi connectivity index (χ1n) is 6.46. The summed E-state index contributed by atoms with van der Waals surface area (Å²) in [4.78, 5) is 11.5. The SMILES string of the molecule is COC(=O)C(NCC1CCCCC1)C(C)C. The number of rotatable bonds is 5. The fourth-order valence-electron chi connectivity index (χ4n) is 2.40. The monoisotopic (exact) mass is 227 g/mol. The highest BCUT2D eigenvalue weighted by Crippen LogP contribution is 2.23. The Balaban J connectivity index is 2.34. The van der Waals surface area contributed by atoms with Crippen molar-refractivity contribution in [2.75, 3.05) is 13.7 Å². The summed E-state index contributed by atoms with van der Waals surface area (Å²) in [5.41, 5.74) is 0. The normalized spacial score (nSPS) is 19.8. The van der Waals surface area contributed by atoms with Gasteiger partial charge in [-0.05, 0) is 31.2 Å². The van der Waals surface area contributed by atoms with Crippen molar-refractivity contribution in [2.45, 2.75) is 52.0 Å². The molecule has 0 amide bonds. The third-order valence-electron chi connectivity index (χ3n) is 3.47. The van der Waals surface area contributed by atoms with E-state index in [1.54, 1.807) is 0 Å². The highest BCUT2D eigenvalue weighted by Gasteiger charge is 2.23. The summed E-state index contributed by atoms with van der Waals surface area (Å²) in [6, 6.07) is -0.146. The van der Waals surface area contributed by atoms with Crippen LogP contribution in [0.2, 0.25) is 0 Å². The number of ether oxygens (including phenoxy) is 1. The maximum absolute atomic E-state index is 11.5. The summed E-state index contributed by atoms with van der Waals surface area (Å²) in [6.45, 7) is 5.06. The zero-order valence-electron chi connectivity index (χ0n) is 10.8. The van der Waals surface area contributed by atoms with Crippen molar-refractivity contribution in [1.29, 1.82) is 0 Å². The van der Waals surface area contributed by atoms with Gasteiger partial charge in [-0.15, -0.1) is 0 Å². The molecule has 0 aliphatic heterocycles. The Morgan fingerprint density at radius 3 is 2.44 bits per heavy atom. The van der Waals surface area contributed by atoms with E-state index in [9.17, 15) is 4.79 Å². The molecule has 1 rings (SSSR count). The van der Waals surface area contributed by atoms with Crippen molar-refractivity contribution in [3.63, 3.8) is 0 Å². The van der Waals surface area contributed by atoms with E-state index in [0.717, 1.165) is 12.5 Å². The third-order valence-corrected chi connectivity index (χ3v) is 3.47. The first-order chi connectivity index (χ1) is 7.65. The average Bonchev–Trinajstić information content (AvgIpc) is 2.30. The van der Waals surface area contributed by atoms with Crippen LogP contribution >= 0.6 is 0 Å². The van der Waals surface area contributed by atoms with Gasteiger partial charge in [0.1, 0.15) is 6.04 Å². The van der Waals surface area contributed by atoms with Gasteiger partial charge in [0.25, 0.3) is 0 Å². The van der Waals surface area contributed by atoms with Gasteiger partial charge in [0.2, 0.25) is 0 Å². The molecule has 1 unspecified atom stereocenters. The topological polar surface area (TPSA) is 38.3 Å². The number of carbonyl (C=O) groups excluding carboxylic acids is 1. The number of hydrogen-bond acceptors (Lipinski definition) is 3. The van der Waals surface area contributed by atoms with Crippen molar-refractivity contribution in [1.82, 2.24) is 5.32 Å². The van der Waals surface area contributed by atoms with E-state index in [1.807, 2.05) is 0 Å². The summed E-state index contributed by atoms with van der Waals surface area (Å²) in [7, 11) is 1.46. The summed E-state index contributed by atoms with van der Waals surface area (Å²) in [5.74, 6) is 0.904. The van der Waals surface area contributed by atoms with Gasteiger partial charge in [0.15, 0.2) is 0 Å². The van der Waals surface area contributed by atoms with Crippen molar-refractivity contribution in [3.05, 3.63) is 0 Å². The molecule has 94 valence electrons. The second-order valence-electron chi connectivity index (χ2n) is 5.16. The van der Waals surface area contributed by atoms with Crippen molar-refractivity contribution < 1.29 is 9.53 Å². The van der Waals surface area contributed by atoms with Crippen LogP contribution in [0.5, 0.6) is 0 Å². The lowest BCUT2D eigenvalue weighted by atomic mass is 9.89. The highest BCUT2D eigenvalue weighted by atomic mass is 16.5. The molecule has 0 aromatic heterocycles. The predicted octanol–water partition coefficient (Wildman–Crippen LogP) is 2.35. The zero-order valence-corrected chi connectivity index (χ0v) is 10.8. The summed E-state index contributed by atoms with van der Waals surface area (Å²) in [5, 5.41) is 3.37. The predicted molar refractivity (Wildman–Crippen MR) is 65.2 cm³/mol. The van der Waals surface area contributed by atoms with E-state index < -0.39 is 0 Å². The number of hydrogen-bond donors (Lipinski definition) is 1. The molecule has 3 nitrogen and oxygen atoms in total. The largest absolute Gasteiger partial charge is 0.468 e. The standard InChI is InChI=1S/C13H25NO2/c1-10(2)12(13(15)16-3)14-9-11-7-5-4-6-8-11/h10-12,14H,4-9H2,1-3H3. The lowest BCUT2D eigenvalue weighted by molar-refractivity contribution is -0.144. The Bertz CT molecular complexity index is 210. The summed E-state index contributed by atoms with van der Waals surface area (Å²) < 4.78 is 4.81. The minimum absolute atomic E-state index is 0.134. The van der Waals surface area contributed by atoms with Gasteiger partial charge < -0.3 is 10.1 Å². The maximum atomic E-state index is 11.5. The zero-order chi connectivity index (χ0) is 12.0. The Kier molecular flexibility index (Phi) is 5.81. The first kappa shape index (κ1) is 13.5. The van der Waals surface area contributed by atoms with Crippen molar-refractivity contribution >= 4 is 5.97 Å². The quantitative estimate of drug-likeness (QED) is 0.733. The Labute approximate surface area is 98.9 Å². The van der Waals surface area contributed by atoms with Crippen LogP contribution < -0.4 is 5.32 Å². The molecule has 1 atom stereocenters. The fourth-order valence-corrected chi connectivity index (χ4v) is 2.40. The van der Waals surface area contributed by atoms with Gasteiger partial charge in [-0.3, -0.25) is 4.79 Å². The number of methoxy groups -OCH3 is 1. The molecule has 1 fully saturated rings. The molecular weight excluding hydrogens is 202 g/mol. The third kappa shape index (κ3) is 4.12. The van der Waals surface area contributed by atoms with E-state index in [-0.39, 0.29) is 17.9 Å². The van der Waals surface area contributed by atoms with Crippen LogP contribution in [0.1, 0.15) is 46.0 Å². The minimum Gasteiger partial charge on any atom is -0.468 e. The molecule has 0 saturated heterocycles. The van der Waals surface area contributed by atoms with Crippen LogP contribution in [0.4, 0.5) is 0 Å². The number of nitrogens with one attached hydrogen (secondary N) is 1. The van der Waals surface area contributed by atoms with Crippen LogP contribution in [0.25, 0.3) is 0 Å². The molecule has 0 bridgehead atoms. The lowest BCUT2D eigenvalue weighted by Gasteiger charge is -2.26. The number of carbonyl (C=O) groups is 1. The smallest absolute Gasteiger partial charge is 0.323 e.